The highest BCUT2D eigenvalue weighted by Gasteiger charge is 2.43. The van der Waals surface area contributed by atoms with Gasteiger partial charge in [-0.3, -0.25) is 9.69 Å². The Balaban J connectivity index is 1.04. The Morgan fingerprint density at radius 1 is 1.05 bits per heavy atom. The van der Waals surface area contributed by atoms with E-state index < -0.39 is 0 Å². The molecule has 3 saturated heterocycles. The lowest BCUT2D eigenvalue weighted by Crippen LogP contribution is -2.56. The van der Waals surface area contributed by atoms with Gasteiger partial charge in [0.2, 0.25) is 5.95 Å². The van der Waals surface area contributed by atoms with Crippen LogP contribution in [-0.4, -0.2) is 74.5 Å². The van der Waals surface area contributed by atoms with Crippen molar-refractivity contribution >= 4 is 28.4 Å². The molecule has 1 aliphatic carbocycles. The van der Waals surface area contributed by atoms with Gasteiger partial charge in [-0.25, -0.2) is 19.3 Å². The monoisotopic (exact) mass is 563 g/mol. The summed E-state index contributed by atoms with van der Waals surface area (Å²) in [4.78, 5) is 32.9. The van der Waals surface area contributed by atoms with Crippen molar-refractivity contribution in [2.45, 2.75) is 38.3 Å². The molecule has 216 valence electrons. The summed E-state index contributed by atoms with van der Waals surface area (Å²) in [6, 6.07) is 13.4. The molecular weight excluding hydrogens is 526 g/mol. The number of rotatable bonds is 7. The average Bonchev–Trinajstić information content (AvgIpc) is 3.71. The van der Waals surface area contributed by atoms with Crippen LogP contribution in [0.3, 0.4) is 0 Å². The van der Waals surface area contributed by atoms with Gasteiger partial charge in [0.05, 0.1) is 6.54 Å². The molecule has 3 aliphatic heterocycles. The normalized spacial score (nSPS) is 23.7. The highest BCUT2D eigenvalue weighted by molar-refractivity contribution is 5.77. The van der Waals surface area contributed by atoms with Crippen LogP contribution < -0.4 is 21.1 Å². The van der Waals surface area contributed by atoms with Crippen LogP contribution in [0.15, 0.2) is 60.0 Å². The number of hydrogen-bond donors (Lipinski definition) is 2. The van der Waals surface area contributed by atoms with Gasteiger partial charge in [0.15, 0.2) is 11.5 Å². The average molecular weight is 564 g/mol. The van der Waals surface area contributed by atoms with Crippen molar-refractivity contribution in [3.63, 3.8) is 0 Å². The summed E-state index contributed by atoms with van der Waals surface area (Å²) < 4.78 is 3.44. The topological polar surface area (TPSA) is 96.1 Å². The number of nitrogens with zero attached hydrogens (tertiary/aromatic N) is 7. The molecule has 0 spiro atoms. The first kappa shape index (κ1) is 25.7. The first-order chi connectivity index (χ1) is 20.6. The van der Waals surface area contributed by atoms with Crippen molar-refractivity contribution in [1.82, 2.24) is 34.5 Å². The largest absolute Gasteiger partial charge is 0.371 e. The summed E-state index contributed by atoms with van der Waals surface area (Å²) in [6.45, 7) is 13.4. The molecule has 6 heterocycles. The quantitative estimate of drug-likeness (QED) is 0.331. The minimum absolute atomic E-state index is 0.154. The number of likely N-dealkylation sites (tertiary alicyclic amines) is 1. The Morgan fingerprint density at radius 2 is 1.83 bits per heavy atom. The van der Waals surface area contributed by atoms with Crippen LogP contribution in [0.2, 0.25) is 0 Å². The van der Waals surface area contributed by atoms with Gasteiger partial charge in [0.1, 0.15) is 5.39 Å². The molecule has 3 atom stereocenters. The van der Waals surface area contributed by atoms with Crippen LogP contribution >= 0.6 is 0 Å². The van der Waals surface area contributed by atoms with E-state index >= 15 is 0 Å². The Hall–Kier alpha value is -4.02. The van der Waals surface area contributed by atoms with E-state index in [0.717, 1.165) is 68.3 Å². The zero-order chi connectivity index (χ0) is 28.4. The molecule has 4 aromatic rings. The Kier molecular flexibility index (Phi) is 6.15. The predicted molar refractivity (Wildman–Crippen MR) is 165 cm³/mol. The van der Waals surface area contributed by atoms with Gasteiger partial charge in [-0.1, -0.05) is 19.1 Å². The van der Waals surface area contributed by atoms with Crippen LogP contribution in [0.25, 0.3) is 16.9 Å². The number of benzene rings is 1. The molecule has 0 radical (unpaired) electrons. The highest BCUT2D eigenvalue weighted by atomic mass is 16.1. The molecule has 3 aromatic heterocycles. The number of hydrogen-bond acceptors (Lipinski definition) is 8. The summed E-state index contributed by atoms with van der Waals surface area (Å²) in [5, 5.41) is 7.22. The van der Waals surface area contributed by atoms with E-state index in [0.29, 0.717) is 35.3 Å². The lowest BCUT2D eigenvalue weighted by atomic mass is 10.0. The molecule has 3 fully saturated rings. The van der Waals surface area contributed by atoms with Crippen LogP contribution in [-0.2, 0) is 13.0 Å². The first-order valence-electron chi connectivity index (χ1n) is 15.2. The van der Waals surface area contributed by atoms with E-state index in [1.165, 1.54) is 24.3 Å². The predicted octanol–water partition coefficient (Wildman–Crippen LogP) is 3.30. The van der Waals surface area contributed by atoms with Gasteiger partial charge >= 0.3 is 0 Å². The summed E-state index contributed by atoms with van der Waals surface area (Å²) in [6.07, 6.45) is 5.47. The maximum atomic E-state index is 13.3. The SMILES string of the molecule is C=CCn1c(=O)c2cnc(Nc3ccc(N4C[C@@H]5CN(C6CNC6)C[C@@H]5C4)cc3)nc2n1-c1ccc2c(n1)C(C)CC2. The molecule has 1 unspecified atom stereocenters. The summed E-state index contributed by atoms with van der Waals surface area (Å²) in [7, 11) is 0. The number of allylic oxidation sites excluding steroid dienone is 1. The second-order valence-corrected chi connectivity index (χ2v) is 12.4. The Bertz CT molecular complexity index is 1710. The zero-order valence-corrected chi connectivity index (χ0v) is 24.0. The maximum Gasteiger partial charge on any atom is 0.278 e. The first-order valence-corrected chi connectivity index (χ1v) is 15.2. The molecule has 42 heavy (non-hydrogen) atoms. The van der Waals surface area contributed by atoms with E-state index in [2.05, 4.69) is 69.3 Å². The second-order valence-electron chi connectivity index (χ2n) is 12.4. The molecule has 1 aromatic carbocycles. The van der Waals surface area contributed by atoms with Gasteiger partial charge in [-0.05, 0) is 66.5 Å². The van der Waals surface area contributed by atoms with Crippen LogP contribution in [0, 0.1) is 11.8 Å². The third-order valence-electron chi connectivity index (χ3n) is 9.79. The number of aromatic nitrogens is 5. The van der Waals surface area contributed by atoms with E-state index in [1.54, 1.807) is 17.0 Å². The fourth-order valence-corrected chi connectivity index (χ4v) is 7.32. The van der Waals surface area contributed by atoms with Crippen molar-refractivity contribution in [3.05, 3.63) is 76.9 Å². The van der Waals surface area contributed by atoms with Crippen molar-refractivity contribution < 1.29 is 0 Å². The number of anilines is 3. The minimum Gasteiger partial charge on any atom is -0.371 e. The van der Waals surface area contributed by atoms with E-state index in [1.807, 2.05) is 10.7 Å². The third-order valence-corrected chi connectivity index (χ3v) is 9.79. The van der Waals surface area contributed by atoms with Gasteiger partial charge in [0, 0.05) is 68.6 Å². The van der Waals surface area contributed by atoms with Gasteiger partial charge < -0.3 is 15.5 Å². The molecule has 8 rings (SSSR count). The molecule has 10 nitrogen and oxygen atoms in total. The zero-order valence-electron chi connectivity index (χ0n) is 24.0. The third kappa shape index (κ3) is 4.23. The molecule has 2 N–H and O–H groups in total. The smallest absolute Gasteiger partial charge is 0.278 e. The van der Waals surface area contributed by atoms with Crippen molar-refractivity contribution in [1.29, 1.82) is 0 Å². The molecular formula is C32H37N9O. The molecule has 4 aliphatic rings. The van der Waals surface area contributed by atoms with Crippen molar-refractivity contribution in [2.75, 3.05) is 49.5 Å². The Morgan fingerprint density at radius 3 is 2.55 bits per heavy atom. The van der Waals surface area contributed by atoms with Crippen molar-refractivity contribution in [3.8, 4) is 5.82 Å². The fraction of sp³-hybridized carbons (Fsp3) is 0.438. The fourth-order valence-electron chi connectivity index (χ4n) is 7.32. The van der Waals surface area contributed by atoms with E-state index in [4.69, 9.17) is 9.97 Å². The summed E-state index contributed by atoms with van der Waals surface area (Å²) in [5.74, 6) is 3.05. The molecule has 0 amide bonds. The standard InChI is InChI=1S/C32H37N9O/c1-3-12-40-31(42)27-15-34-32(37-30(27)41(40)28-11-6-21-5-4-20(2)29(21)36-28)35-24-7-9-25(10-8-24)38-16-22-18-39(19-23(22)17-38)26-13-33-14-26/h3,6-11,15,20,22-23,26,33H,1,4-5,12-14,16-19H2,2H3,(H,34,35,37)/t20?,22-,23+. The molecule has 10 heteroatoms. The van der Waals surface area contributed by atoms with Crippen LogP contribution in [0.1, 0.15) is 30.5 Å². The van der Waals surface area contributed by atoms with Crippen LogP contribution in [0.5, 0.6) is 0 Å². The number of aryl methyl sites for hydroxylation is 1. The lowest BCUT2D eigenvalue weighted by molar-refractivity contribution is 0.169. The van der Waals surface area contributed by atoms with E-state index in [-0.39, 0.29) is 5.56 Å². The van der Waals surface area contributed by atoms with Gasteiger partial charge in [-0.15, -0.1) is 6.58 Å². The van der Waals surface area contributed by atoms with Crippen molar-refractivity contribution in [2.24, 2.45) is 11.8 Å². The number of nitrogens with one attached hydrogen (secondary N) is 2. The number of pyridine rings is 1. The van der Waals surface area contributed by atoms with E-state index in [9.17, 15) is 4.79 Å². The number of fused-ring (bicyclic) bond motifs is 3. The lowest BCUT2D eigenvalue weighted by Gasteiger charge is -2.36. The maximum absolute atomic E-state index is 13.3. The van der Waals surface area contributed by atoms with Gasteiger partial charge in [-0.2, -0.15) is 4.98 Å². The second kappa shape index (κ2) is 10.1. The molecule has 0 saturated carbocycles. The van der Waals surface area contributed by atoms with Gasteiger partial charge in [0.25, 0.3) is 5.56 Å². The summed E-state index contributed by atoms with van der Waals surface area (Å²) in [5.41, 5.74) is 4.93. The minimum atomic E-state index is -0.154. The Labute approximate surface area is 245 Å². The van der Waals surface area contributed by atoms with Crippen LogP contribution in [0.4, 0.5) is 17.3 Å². The summed E-state index contributed by atoms with van der Waals surface area (Å²) >= 11 is 0. The molecule has 0 bridgehead atoms. The highest BCUT2D eigenvalue weighted by Crippen LogP contribution is 2.36.